The summed E-state index contributed by atoms with van der Waals surface area (Å²) in [6.07, 6.45) is 0. The molecule has 1 saturated heterocycles. The van der Waals surface area contributed by atoms with Gasteiger partial charge >= 0.3 is 0 Å². The van der Waals surface area contributed by atoms with Gasteiger partial charge in [0.15, 0.2) is 0 Å². The lowest BCUT2D eigenvalue weighted by atomic mass is 10.1. The third-order valence-corrected chi connectivity index (χ3v) is 2.78. The minimum Gasteiger partial charge on any atom is -0.384 e. The standard InChI is InChI=1S/C14H17NO2.C2H6/c16-9-1-2-13-3-5-14(6-4-13)12-15-7-10-17-11-8-15;1-2/h3-6,16H,7-12H2;1-2H3. The molecule has 1 aliphatic rings. The van der Waals surface area contributed by atoms with E-state index < -0.39 is 0 Å². The molecule has 0 spiro atoms. The average Bonchev–Trinajstić information content (AvgIpc) is 2.50. The number of hydrogen-bond donors (Lipinski definition) is 1. The van der Waals surface area contributed by atoms with Gasteiger partial charge in [0.05, 0.1) is 13.2 Å². The summed E-state index contributed by atoms with van der Waals surface area (Å²) in [7, 11) is 0. The highest BCUT2D eigenvalue weighted by Gasteiger charge is 2.10. The molecule has 1 heterocycles. The second-order valence-electron chi connectivity index (χ2n) is 4.05. The zero-order chi connectivity index (χ0) is 13.9. The van der Waals surface area contributed by atoms with Gasteiger partial charge in [-0.25, -0.2) is 0 Å². The maximum atomic E-state index is 8.61. The highest BCUT2D eigenvalue weighted by molar-refractivity contribution is 5.36. The maximum Gasteiger partial charge on any atom is 0.104 e. The van der Waals surface area contributed by atoms with E-state index in [2.05, 4.69) is 28.9 Å². The highest BCUT2D eigenvalue weighted by Crippen LogP contribution is 2.08. The molecule has 1 fully saturated rings. The van der Waals surface area contributed by atoms with Gasteiger partial charge < -0.3 is 9.84 Å². The van der Waals surface area contributed by atoms with Crippen LogP contribution in [0.2, 0.25) is 0 Å². The molecule has 0 unspecified atom stereocenters. The van der Waals surface area contributed by atoms with Gasteiger partial charge in [0, 0.05) is 25.2 Å². The van der Waals surface area contributed by atoms with Crippen LogP contribution in [0.15, 0.2) is 24.3 Å². The zero-order valence-electron chi connectivity index (χ0n) is 11.9. The number of ether oxygens (including phenoxy) is 1. The van der Waals surface area contributed by atoms with Crippen molar-refractivity contribution in [2.75, 3.05) is 32.9 Å². The van der Waals surface area contributed by atoms with E-state index in [1.54, 1.807) is 0 Å². The Hall–Kier alpha value is -1.34. The van der Waals surface area contributed by atoms with Crippen molar-refractivity contribution in [3.63, 3.8) is 0 Å². The van der Waals surface area contributed by atoms with Crippen LogP contribution in [-0.2, 0) is 11.3 Å². The lowest BCUT2D eigenvalue weighted by molar-refractivity contribution is 0.0342. The zero-order valence-corrected chi connectivity index (χ0v) is 11.9. The van der Waals surface area contributed by atoms with Crippen molar-refractivity contribution < 1.29 is 9.84 Å². The van der Waals surface area contributed by atoms with Crippen LogP contribution in [0.1, 0.15) is 25.0 Å². The number of nitrogens with zero attached hydrogens (tertiary/aromatic N) is 1. The van der Waals surface area contributed by atoms with E-state index in [-0.39, 0.29) is 6.61 Å². The smallest absolute Gasteiger partial charge is 0.104 e. The predicted molar refractivity (Wildman–Crippen MR) is 77.8 cm³/mol. The number of hydrogen-bond acceptors (Lipinski definition) is 3. The van der Waals surface area contributed by atoms with Crippen LogP contribution < -0.4 is 0 Å². The molecule has 1 aromatic carbocycles. The van der Waals surface area contributed by atoms with E-state index in [0.717, 1.165) is 38.4 Å². The van der Waals surface area contributed by atoms with Gasteiger partial charge in [0.25, 0.3) is 0 Å². The fourth-order valence-corrected chi connectivity index (χ4v) is 1.85. The summed E-state index contributed by atoms with van der Waals surface area (Å²) in [5, 5.41) is 8.61. The largest absolute Gasteiger partial charge is 0.384 e. The number of aliphatic hydroxyl groups is 1. The molecule has 0 radical (unpaired) electrons. The van der Waals surface area contributed by atoms with Crippen LogP contribution in [0.5, 0.6) is 0 Å². The summed E-state index contributed by atoms with van der Waals surface area (Å²) in [5.41, 5.74) is 2.24. The molecule has 19 heavy (non-hydrogen) atoms. The molecule has 0 atom stereocenters. The number of rotatable bonds is 2. The fourth-order valence-electron chi connectivity index (χ4n) is 1.85. The van der Waals surface area contributed by atoms with Crippen LogP contribution >= 0.6 is 0 Å². The third-order valence-electron chi connectivity index (χ3n) is 2.78. The topological polar surface area (TPSA) is 32.7 Å². The SMILES string of the molecule is CC.OCC#Cc1ccc(CN2CCOCC2)cc1. The van der Waals surface area contributed by atoms with Gasteiger partial charge in [-0.1, -0.05) is 37.8 Å². The minimum atomic E-state index is -0.0878. The Morgan fingerprint density at radius 3 is 2.37 bits per heavy atom. The van der Waals surface area contributed by atoms with Gasteiger partial charge in [0.1, 0.15) is 6.61 Å². The molecule has 3 heteroatoms. The number of morpholine rings is 1. The quantitative estimate of drug-likeness (QED) is 0.825. The summed E-state index contributed by atoms with van der Waals surface area (Å²) in [6, 6.07) is 8.19. The van der Waals surface area contributed by atoms with Crippen LogP contribution in [0.3, 0.4) is 0 Å². The Labute approximate surface area is 116 Å². The lowest BCUT2D eigenvalue weighted by Gasteiger charge is -2.26. The van der Waals surface area contributed by atoms with Crippen molar-refractivity contribution in [1.29, 1.82) is 0 Å². The Morgan fingerprint density at radius 1 is 1.16 bits per heavy atom. The van der Waals surface area contributed by atoms with E-state index in [0.29, 0.717) is 0 Å². The first kappa shape index (κ1) is 15.7. The van der Waals surface area contributed by atoms with E-state index in [1.165, 1.54) is 5.56 Å². The molecular weight excluding hydrogens is 238 g/mol. The molecule has 1 aliphatic heterocycles. The predicted octanol–water partition coefficient (Wildman–Crippen LogP) is 1.89. The molecule has 1 aromatic rings. The van der Waals surface area contributed by atoms with Crippen LogP contribution in [0, 0.1) is 11.8 Å². The van der Waals surface area contributed by atoms with E-state index in [9.17, 15) is 0 Å². The van der Waals surface area contributed by atoms with Crippen molar-refractivity contribution >= 4 is 0 Å². The van der Waals surface area contributed by atoms with Gasteiger partial charge in [-0.15, -0.1) is 0 Å². The van der Waals surface area contributed by atoms with E-state index in [4.69, 9.17) is 9.84 Å². The van der Waals surface area contributed by atoms with E-state index >= 15 is 0 Å². The van der Waals surface area contributed by atoms with Gasteiger partial charge in [0.2, 0.25) is 0 Å². The first-order valence-corrected chi connectivity index (χ1v) is 6.87. The van der Waals surface area contributed by atoms with Crippen molar-refractivity contribution in [2.45, 2.75) is 20.4 Å². The molecule has 0 aromatic heterocycles. The second-order valence-corrected chi connectivity index (χ2v) is 4.05. The molecule has 1 N–H and O–H groups in total. The number of aliphatic hydroxyl groups excluding tert-OH is 1. The fraction of sp³-hybridized carbons (Fsp3) is 0.500. The van der Waals surface area contributed by atoms with Crippen molar-refractivity contribution in [1.82, 2.24) is 4.90 Å². The van der Waals surface area contributed by atoms with Gasteiger partial charge in [-0.3, -0.25) is 4.90 Å². The van der Waals surface area contributed by atoms with Crippen molar-refractivity contribution in [3.05, 3.63) is 35.4 Å². The highest BCUT2D eigenvalue weighted by atomic mass is 16.5. The maximum absolute atomic E-state index is 8.61. The lowest BCUT2D eigenvalue weighted by Crippen LogP contribution is -2.35. The Morgan fingerprint density at radius 2 is 1.79 bits per heavy atom. The molecular formula is C16H23NO2. The van der Waals surface area contributed by atoms with Crippen LogP contribution in [0.25, 0.3) is 0 Å². The summed E-state index contributed by atoms with van der Waals surface area (Å²) >= 11 is 0. The molecule has 104 valence electrons. The molecule has 2 rings (SSSR count). The van der Waals surface area contributed by atoms with Crippen molar-refractivity contribution in [2.24, 2.45) is 0 Å². The summed E-state index contributed by atoms with van der Waals surface area (Å²) in [4.78, 5) is 2.39. The van der Waals surface area contributed by atoms with Gasteiger partial charge in [-0.05, 0) is 17.7 Å². The minimum absolute atomic E-state index is 0.0878. The molecule has 0 bridgehead atoms. The Bertz CT molecular complexity index is 397. The summed E-state index contributed by atoms with van der Waals surface area (Å²) < 4.78 is 5.32. The Kier molecular flexibility index (Phi) is 7.92. The monoisotopic (exact) mass is 261 g/mol. The Balaban J connectivity index is 0.000000861. The van der Waals surface area contributed by atoms with Crippen LogP contribution in [0.4, 0.5) is 0 Å². The van der Waals surface area contributed by atoms with Gasteiger partial charge in [-0.2, -0.15) is 0 Å². The first-order chi connectivity index (χ1) is 9.38. The molecule has 0 amide bonds. The first-order valence-electron chi connectivity index (χ1n) is 6.87. The molecule has 0 aliphatic carbocycles. The van der Waals surface area contributed by atoms with E-state index in [1.807, 2.05) is 26.0 Å². The summed E-state index contributed by atoms with van der Waals surface area (Å²) in [5.74, 6) is 5.54. The number of benzene rings is 1. The summed E-state index contributed by atoms with van der Waals surface area (Å²) in [6.45, 7) is 8.56. The van der Waals surface area contributed by atoms with Crippen LogP contribution in [-0.4, -0.2) is 42.9 Å². The third kappa shape index (κ3) is 5.89. The molecule has 3 nitrogen and oxygen atoms in total. The second kappa shape index (κ2) is 9.57. The van der Waals surface area contributed by atoms with Crippen molar-refractivity contribution in [3.8, 4) is 11.8 Å². The average molecular weight is 261 g/mol. The molecule has 0 saturated carbocycles. The normalized spacial score (nSPS) is 14.9.